The van der Waals surface area contributed by atoms with E-state index in [0.29, 0.717) is 6.42 Å². The third-order valence-electron chi connectivity index (χ3n) is 1.94. The van der Waals surface area contributed by atoms with Crippen LogP contribution in [0.2, 0.25) is 0 Å². The highest BCUT2D eigenvalue weighted by molar-refractivity contribution is 9.10. The van der Waals surface area contributed by atoms with Gasteiger partial charge in [-0.1, -0.05) is 22.9 Å². The lowest BCUT2D eigenvalue weighted by Gasteiger charge is -2.12. The van der Waals surface area contributed by atoms with E-state index in [9.17, 15) is 18.0 Å². The fourth-order valence-corrected chi connectivity index (χ4v) is 1.56. The summed E-state index contributed by atoms with van der Waals surface area (Å²) in [6.07, 6.45) is -4.02. The summed E-state index contributed by atoms with van der Waals surface area (Å²) in [6, 6.07) is 3.34. The van der Waals surface area contributed by atoms with E-state index in [4.69, 9.17) is 4.74 Å². The van der Waals surface area contributed by atoms with Crippen molar-refractivity contribution in [1.29, 1.82) is 0 Å². The topological polar surface area (TPSA) is 26.3 Å². The number of hydrogen-bond acceptors (Lipinski definition) is 2. The molecule has 0 aliphatic heterocycles. The first-order chi connectivity index (χ1) is 7.86. The highest BCUT2D eigenvalue weighted by Crippen LogP contribution is 2.34. The van der Waals surface area contributed by atoms with Crippen molar-refractivity contribution in [1.82, 2.24) is 0 Å². The lowest BCUT2D eigenvalue weighted by atomic mass is 10.1. The van der Waals surface area contributed by atoms with Gasteiger partial charge in [-0.25, -0.2) is 4.79 Å². The maximum Gasteiger partial charge on any atom is 0.417 e. The molecule has 17 heavy (non-hydrogen) atoms. The van der Waals surface area contributed by atoms with Crippen LogP contribution < -0.4 is 0 Å². The Labute approximate surface area is 105 Å². The lowest BCUT2D eigenvalue weighted by molar-refractivity contribution is -0.138. The summed E-state index contributed by atoms with van der Waals surface area (Å²) in [5.41, 5.74) is -1.46. The van der Waals surface area contributed by atoms with Crippen LogP contribution in [0.4, 0.5) is 13.2 Å². The Bertz CT molecular complexity index is 416. The number of carbonyl (C=O) groups is 1. The van der Waals surface area contributed by atoms with Gasteiger partial charge in [-0.3, -0.25) is 0 Å². The van der Waals surface area contributed by atoms with Crippen molar-refractivity contribution in [3.63, 3.8) is 0 Å². The molecule has 0 radical (unpaired) electrons. The normalized spacial score (nSPS) is 11.4. The zero-order valence-corrected chi connectivity index (χ0v) is 10.6. The molecule has 1 aromatic carbocycles. The molecule has 0 amide bonds. The van der Waals surface area contributed by atoms with Gasteiger partial charge in [0.15, 0.2) is 0 Å². The second kappa shape index (κ2) is 5.53. The molecule has 0 N–H and O–H groups in total. The Balaban J connectivity index is 3.11. The molecule has 94 valence electrons. The molecule has 0 bridgehead atoms. The van der Waals surface area contributed by atoms with Crippen LogP contribution in [0.1, 0.15) is 29.3 Å². The van der Waals surface area contributed by atoms with Gasteiger partial charge in [-0.2, -0.15) is 13.2 Å². The average molecular weight is 311 g/mol. The monoisotopic (exact) mass is 310 g/mol. The zero-order valence-electron chi connectivity index (χ0n) is 8.97. The second-order valence-corrected chi connectivity index (χ2v) is 4.24. The summed E-state index contributed by atoms with van der Waals surface area (Å²) >= 11 is 2.94. The molecule has 0 unspecified atom stereocenters. The summed E-state index contributed by atoms with van der Waals surface area (Å²) in [4.78, 5) is 11.4. The quantitative estimate of drug-likeness (QED) is 0.788. The Morgan fingerprint density at radius 2 is 2.06 bits per heavy atom. The van der Waals surface area contributed by atoms with Crippen molar-refractivity contribution in [3.05, 3.63) is 33.8 Å². The highest BCUT2D eigenvalue weighted by atomic mass is 79.9. The van der Waals surface area contributed by atoms with Gasteiger partial charge in [0.25, 0.3) is 0 Å². The van der Waals surface area contributed by atoms with Crippen LogP contribution in [0.3, 0.4) is 0 Å². The maximum atomic E-state index is 12.7. The van der Waals surface area contributed by atoms with E-state index in [1.165, 1.54) is 6.07 Å². The van der Waals surface area contributed by atoms with E-state index in [-0.39, 0.29) is 11.1 Å². The minimum absolute atomic E-state index is 0.103. The zero-order chi connectivity index (χ0) is 13.1. The average Bonchev–Trinajstić information content (AvgIpc) is 2.24. The summed E-state index contributed by atoms with van der Waals surface area (Å²) in [7, 11) is 0. The number of benzene rings is 1. The molecule has 0 saturated heterocycles. The fraction of sp³-hybridized carbons (Fsp3) is 0.364. The molecule has 0 aromatic heterocycles. The lowest BCUT2D eigenvalue weighted by Crippen LogP contribution is -2.15. The molecule has 0 aliphatic rings. The van der Waals surface area contributed by atoms with Crippen LogP contribution in [0.25, 0.3) is 0 Å². The van der Waals surface area contributed by atoms with Crippen LogP contribution in [0, 0.1) is 0 Å². The van der Waals surface area contributed by atoms with E-state index in [0.717, 1.165) is 12.1 Å². The van der Waals surface area contributed by atoms with Crippen molar-refractivity contribution in [2.75, 3.05) is 6.61 Å². The van der Waals surface area contributed by atoms with Crippen LogP contribution in [0.5, 0.6) is 0 Å². The van der Waals surface area contributed by atoms with E-state index < -0.39 is 23.3 Å². The Morgan fingerprint density at radius 1 is 1.41 bits per heavy atom. The number of hydrogen-bond donors (Lipinski definition) is 0. The third-order valence-corrected chi connectivity index (χ3v) is 2.44. The van der Waals surface area contributed by atoms with E-state index in [2.05, 4.69) is 15.9 Å². The SMILES string of the molecule is CCCOC(=O)c1ccc(Br)cc1C(F)(F)F. The van der Waals surface area contributed by atoms with Crippen LogP contribution >= 0.6 is 15.9 Å². The number of rotatable bonds is 3. The van der Waals surface area contributed by atoms with Crippen molar-refractivity contribution in [2.24, 2.45) is 0 Å². The summed E-state index contributed by atoms with van der Waals surface area (Å²) in [5, 5.41) is 0. The summed E-state index contributed by atoms with van der Waals surface area (Å²) < 4.78 is 43.0. The van der Waals surface area contributed by atoms with Gasteiger partial charge in [0.1, 0.15) is 0 Å². The molecule has 0 fully saturated rings. The Morgan fingerprint density at radius 3 is 2.59 bits per heavy atom. The standard InChI is InChI=1S/C11H10BrF3O2/c1-2-5-17-10(16)8-4-3-7(12)6-9(8)11(13,14)15/h3-4,6H,2,5H2,1H3. The smallest absolute Gasteiger partial charge is 0.417 e. The molecule has 1 aromatic rings. The molecule has 0 spiro atoms. The first kappa shape index (κ1) is 14.0. The van der Waals surface area contributed by atoms with E-state index in [1.807, 2.05) is 0 Å². The van der Waals surface area contributed by atoms with Crippen LogP contribution in [-0.2, 0) is 10.9 Å². The van der Waals surface area contributed by atoms with Crippen molar-refractivity contribution < 1.29 is 22.7 Å². The summed E-state index contributed by atoms with van der Waals surface area (Å²) in [6.45, 7) is 1.87. The molecule has 2 nitrogen and oxygen atoms in total. The van der Waals surface area contributed by atoms with E-state index in [1.54, 1.807) is 6.92 Å². The first-order valence-electron chi connectivity index (χ1n) is 4.90. The molecular weight excluding hydrogens is 301 g/mol. The molecule has 0 heterocycles. The highest BCUT2D eigenvalue weighted by Gasteiger charge is 2.35. The fourth-order valence-electron chi connectivity index (χ4n) is 1.20. The minimum Gasteiger partial charge on any atom is -0.462 e. The predicted octanol–water partition coefficient (Wildman–Crippen LogP) is 4.03. The van der Waals surface area contributed by atoms with Gasteiger partial charge in [0, 0.05) is 4.47 Å². The number of esters is 1. The largest absolute Gasteiger partial charge is 0.462 e. The second-order valence-electron chi connectivity index (χ2n) is 3.32. The summed E-state index contributed by atoms with van der Waals surface area (Å²) in [5.74, 6) is -0.952. The number of ether oxygens (including phenoxy) is 1. The van der Waals surface area contributed by atoms with E-state index >= 15 is 0 Å². The van der Waals surface area contributed by atoms with Gasteiger partial charge in [0.05, 0.1) is 17.7 Å². The molecule has 0 atom stereocenters. The molecule has 6 heteroatoms. The third kappa shape index (κ3) is 3.73. The Hall–Kier alpha value is -1.04. The Kier molecular flexibility index (Phi) is 4.56. The van der Waals surface area contributed by atoms with Gasteiger partial charge in [-0.05, 0) is 24.6 Å². The predicted molar refractivity (Wildman–Crippen MR) is 59.7 cm³/mol. The number of carbonyl (C=O) groups excluding carboxylic acids is 1. The minimum atomic E-state index is -4.58. The van der Waals surface area contributed by atoms with Gasteiger partial charge >= 0.3 is 12.1 Å². The van der Waals surface area contributed by atoms with Crippen LogP contribution in [0.15, 0.2) is 22.7 Å². The van der Waals surface area contributed by atoms with Crippen LogP contribution in [-0.4, -0.2) is 12.6 Å². The number of halogens is 4. The molecule has 1 rings (SSSR count). The van der Waals surface area contributed by atoms with Crippen molar-refractivity contribution in [2.45, 2.75) is 19.5 Å². The number of alkyl halides is 3. The first-order valence-corrected chi connectivity index (χ1v) is 5.69. The molecular formula is C11H10BrF3O2. The van der Waals surface area contributed by atoms with Gasteiger partial charge in [0.2, 0.25) is 0 Å². The van der Waals surface area contributed by atoms with Gasteiger partial charge in [-0.15, -0.1) is 0 Å². The molecule has 0 aliphatic carbocycles. The molecule has 0 saturated carbocycles. The maximum absolute atomic E-state index is 12.7. The van der Waals surface area contributed by atoms with Crippen molar-refractivity contribution >= 4 is 21.9 Å². The van der Waals surface area contributed by atoms with Crippen molar-refractivity contribution in [3.8, 4) is 0 Å². The van der Waals surface area contributed by atoms with Gasteiger partial charge < -0.3 is 4.74 Å².